The standard InChI is InChI=1S/C36H38ClN7O5/c1-35(2,43-18-36(19-43)20-49-21-36)15-24(16-38)32(45)41-25-8-6-22(7-9-25)10-11-44-31-23(17-40-34(39-3)42-31)12-28(33(44)46)27-13-26(47-4)14-29(48-5)30(27)37/h6-9,12-15,17H,10-11,18-21H2,1-5H3,(H,41,45)(H,39,40,42)/b24-15-. The maximum atomic E-state index is 14.1. The average molecular weight is 684 g/mol. The second kappa shape index (κ2) is 13.5. The summed E-state index contributed by atoms with van der Waals surface area (Å²) < 4.78 is 17.9. The Balaban J connectivity index is 1.21. The third kappa shape index (κ3) is 6.70. The molecule has 4 heterocycles. The lowest BCUT2D eigenvalue weighted by Gasteiger charge is -2.59. The summed E-state index contributed by atoms with van der Waals surface area (Å²) in [7, 11) is 4.74. The number of carbonyl (C=O) groups is 1. The number of nitriles is 1. The lowest BCUT2D eigenvalue weighted by Crippen LogP contribution is -2.70. The molecule has 6 rings (SSSR count). The van der Waals surface area contributed by atoms with Crippen molar-refractivity contribution in [2.45, 2.75) is 32.4 Å². The van der Waals surface area contributed by atoms with Crippen LogP contribution in [0.1, 0.15) is 19.4 Å². The summed E-state index contributed by atoms with van der Waals surface area (Å²) in [5.74, 6) is 0.787. The van der Waals surface area contributed by atoms with Crippen LogP contribution in [-0.2, 0) is 22.5 Å². The molecule has 0 radical (unpaired) electrons. The fourth-order valence-electron chi connectivity index (χ4n) is 6.25. The number of ether oxygens (including phenoxy) is 3. The highest BCUT2D eigenvalue weighted by atomic mass is 35.5. The minimum atomic E-state index is -0.465. The van der Waals surface area contributed by atoms with Crippen molar-refractivity contribution in [3.8, 4) is 28.7 Å². The number of nitrogens with one attached hydrogen (secondary N) is 2. The van der Waals surface area contributed by atoms with E-state index in [1.807, 2.05) is 26.0 Å². The van der Waals surface area contributed by atoms with Crippen molar-refractivity contribution in [2.75, 3.05) is 58.2 Å². The van der Waals surface area contributed by atoms with E-state index in [1.165, 1.54) is 14.2 Å². The van der Waals surface area contributed by atoms with Crippen molar-refractivity contribution in [1.82, 2.24) is 19.4 Å². The van der Waals surface area contributed by atoms with Crippen LogP contribution in [-0.4, -0.2) is 78.5 Å². The highest BCUT2D eigenvalue weighted by molar-refractivity contribution is 6.35. The molecule has 0 aliphatic carbocycles. The molecular weight excluding hydrogens is 646 g/mol. The van der Waals surface area contributed by atoms with E-state index in [4.69, 9.17) is 25.8 Å². The van der Waals surface area contributed by atoms with Crippen LogP contribution in [0.2, 0.25) is 5.02 Å². The zero-order valence-corrected chi connectivity index (χ0v) is 28.8. The number of likely N-dealkylation sites (tertiary alicyclic amines) is 1. The lowest BCUT2D eigenvalue weighted by atomic mass is 9.75. The topological polar surface area (TPSA) is 144 Å². The fraction of sp³-hybridized carbons (Fsp3) is 0.361. The molecule has 2 aliphatic rings. The van der Waals surface area contributed by atoms with Crippen molar-refractivity contribution < 1.29 is 19.0 Å². The number of amides is 1. The molecule has 0 atom stereocenters. The highest BCUT2D eigenvalue weighted by Gasteiger charge is 2.52. The zero-order chi connectivity index (χ0) is 34.9. The number of methoxy groups -OCH3 is 2. The number of rotatable bonds is 11. The highest BCUT2D eigenvalue weighted by Crippen LogP contribution is 2.42. The maximum Gasteiger partial charge on any atom is 0.266 e. The van der Waals surface area contributed by atoms with E-state index in [-0.39, 0.29) is 21.6 Å². The van der Waals surface area contributed by atoms with Gasteiger partial charge < -0.3 is 24.8 Å². The van der Waals surface area contributed by atoms with Gasteiger partial charge in [0.1, 0.15) is 28.8 Å². The predicted molar refractivity (Wildman–Crippen MR) is 188 cm³/mol. The van der Waals surface area contributed by atoms with Gasteiger partial charge in [-0.05, 0) is 56.2 Å². The minimum Gasteiger partial charge on any atom is -0.497 e. The van der Waals surface area contributed by atoms with E-state index in [0.717, 1.165) is 31.9 Å². The summed E-state index contributed by atoms with van der Waals surface area (Å²) in [5.41, 5.74) is 2.32. The number of benzene rings is 2. The maximum absolute atomic E-state index is 14.1. The number of hydrogen-bond acceptors (Lipinski definition) is 10. The molecule has 2 aromatic carbocycles. The van der Waals surface area contributed by atoms with Gasteiger partial charge in [0.25, 0.3) is 11.5 Å². The molecule has 2 aromatic heterocycles. The van der Waals surface area contributed by atoms with Crippen LogP contribution in [0.5, 0.6) is 11.5 Å². The smallest absolute Gasteiger partial charge is 0.266 e. The average Bonchev–Trinajstić information content (AvgIpc) is 3.05. The first-order valence-corrected chi connectivity index (χ1v) is 16.2. The van der Waals surface area contributed by atoms with Gasteiger partial charge in [0.2, 0.25) is 5.95 Å². The van der Waals surface area contributed by atoms with Gasteiger partial charge in [-0.3, -0.25) is 19.1 Å². The number of anilines is 2. The molecule has 2 saturated heterocycles. The molecule has 2 N–H and O–H groups in total. The zero-order valence-electron chi connectivity index (χ0n) is 28.1. The molecule has 0 saturated carbocycles. The number of hydrogen-bond donors (Lipinski definition) is 2. The summed E-state index contributed by atoms with van der Waals surface area (Å²) >= 11 is 6.69. The molecule has 0 bridgehead atoms. The van der Waals surface area contributed by atoms with Crippen molar-refractivity contribution >= 4 is 40.2 Å². The number of aromatic nitrogens is 3. The first kappa shape index (κ1) is 33.9. The van der Waals surface area contributed by atoms with E-state index in [2.05, 4.69) is 31.6 Å². The first-order valence-electron chi connectivity index (χ1n) is 15.9. The van der Waals surface area contributed by atoms with Crippen LogP contribution in [0.15, 0.2) is 65.1 Å². The van der Waals surface area contributed by atoms with Gasteiger partial charge in [-0.25, -0.2) is 4.98 Å². The summed E-state index contributed by atoms with van der Waals surface area (Å²) in [4.78, 5) is 38.4. The van der Waals surface area contributed by atoms with E-state index >= 15 is 0 Å². The third-order valence-electron chi connectivity index (χ3n) is 9.19. The van der Waals surface area contributed by atoms with Crippen molar-refractivity contribution in [2.24, 2.45) is 5.41 Å². The molecule has 49 heavy (non-hydrogen) atoms. The predicted octanol–water partition coefficient (Wildman–Crippen LogP) is 4.91. The van der Waals surface area contributed by atoms with Crippen LogP contribution in [0.3, 0.4) is 0 Å². The van der Waals surface area contributed by atoms with Gasteiger partial charge in [0.15, 0.2) is 0 Å². The molecule has 4 aromatic rings. The van der Waals surface area contributed by atoms with Crippen LogP contribution in [0.25, 0.3) is 22.2 Å². The molecule has 2 aliphatic heterocycles. The summed E-state index contributed by atoms with van der Waals surface area (Å²) in [5, 5.41) is 16.5. The van der Waals surface area contributed by atoms with Gasteiger partial charge in [0.05, 0.1) is 32.5 Å². The molecule has 2 fully saturated rings. The Kier molecular flexibility index (Phi) is 9.35. The lowest BCUT2D eigenvalue weighted by molar-refractivity contribution is -0.204. The number of pyridine rings is 1. The van der Waals surface area contributed by atoms with E-state index in [0.29, 0.717) is 58.3 Å². The molecule has 12 nitrogen and oxygen atoms in total. The molecular formula is C36H38ClN7O5. The SMILES string of the molecule is CNc1ncc2cc(-c3cc(OC)cc(OC)c3Cl)c(=O)n(CCc3ccc(NC(=O)/C(C#N)=C\C(C)(C)N4CC5(COC5)C4)cc3)c2n1. The molecule has 0 unspecified atom stereocenters. The van der Waals surface area contributed by atoms with E-state index < -0.39 is 11.4 Å². The minimum absolute atomic E-state index is 0.0581. The van der Waals surface area contributed by atoms with Crippen LogP contribution in [0, 0.1) is 16.7 Å². The Morgan fingerprint density at radius 3 is 2.49 bits per heavy atom. The van der Waals surface area contributed by atoms with Crippen LogP contribution in [0.4, 0.5) is 11.6 Å². The van der Waals surface area contributed by atoms with Crippen molar-refractivity contribution in [1.29, 1.82) is 5.26 Å². The monoisotopic (exact) mass is 683 g/mol. The number of halogens is 1. The van der Waals surface area contributed by atoms with Gasteiger partial charge >= 0.3 is 0 Å². The normalized spacial score (nSPS) is 15.7. The molecule has 1 amide bonds. The second-order valence-electron chi connectivity index (χ2n) is 13.0. The number of fused-ring (bicyclic) bond motifs is 1. The Bertz CT molecular complexity index is 2040. The Hall–Kier alpha value is -4.96. The van der Waals surface area contributed by atoms with Gasteiger partial charge in [-0.2, -0.15) is 10.2 Å². The van der Waals surface area contributed by atoms with Crippen LogP contribution < -0.4 is 25.7 Å². The quantitative estimate of drug-likeness (QED) is 0.165. The van der Waals surface area contributed by atoms with Gasteiger partial charge in [0, 0.05) is 72.1 Å². The number of carbonyl (C=O) groups excluding carboxylic acids is 1. The van der Waals surface area contributed by atoms with Crippen molar-refractivity contribution in [3.63, 3.8) is 0 Å². The molecule has 1 spiro atoms. The summed E-state index contributed by atoms with van der Waals surface area (Å²) in [6, 6.07) is 14.5. The molecule has 254 valence electrons. The van der Waals surface area contributed by atoms with Gasteiger partial charge in [-0.1, -0.05) is 23.7 Å². The summed E-state index contributed by atoms with van der Waals surface area (Å²) in [6.07, 6.45) is 3.88. The Morgan fingerprint density at radius 2 is 1.88 bits per heavy atom. The Labute approximate surface area is 289 Å². The fourth-order valence-corrected chi connectivity index (χ4v) is 6.53. The van der Waals surface area contributed by atoms with E-state index in [9.17, 15) is 14.9 Å². The number of nitrogens with zero attached hydrogens (tertiary/aromatic N) is 5. The molecule has 13 heteroatoms. The van der Waals surface area contributed by atoms with Crippen LogP contribution >= 0.6 is 11.6 Å². The first-order chi connectivity index (χ1) is 23.5. The third-order valence-corrected chi connectivity index (χ3v) is 9.58. The second-order valence-corrected chi connectivity index (χ2v) is 13.4. The van der Waals surface area contributed by atoms with Crippen molar-refractivity contribution in [3.05, 3.63) is 81.3 Å². The van der Waals surface area contributed by atoms with E-state index in [1.54, 1.807) is 54.2 Å². The summed E-state index contributed by atoms with van der Waals surface area (Å²) in [6.45, 7) is 7.63. The largest absolute Gasteiger partial charge is 0.497 e. The Morgan fingerprint density at radius 1 is 1.14 bits per heavy atom. The van der Waals surface area contributed by atoms with Gasteiger partial charge in [-0.15, -0.1) is 0 Å². The number of aryl methyl sites for hydroxylation is 2.